The number of methoxy groups -OCH3 is 1. The highest BCUT2D eigenvalue weighted by Crippen LogP contribution is 2.20. The largest absolute Gasteiger partial charge is 0.481 e. The SMILES string of the molecule is COCC1CCN(Cc2ccccc2CC(=O)O)CC1. The first-order chi connectivity index (χ1) is 9.69. The average molecular weight is 277 g/mol. The number of carbonyl (C=O) groups is 1. The number of hydrogen-bond donors (Lipinski definition) is 1. The molecule has 4 heteroatoms. The van der Waals surface area contributed by atoms with Gasteiger partial charge in [-0.15, -0.1) is 0 Å². The van der Waals surface area contributed by atoms with Crippen LogP contribution in [0.2, 0.25) is 0 Å². The van der Waals surface area contributed by atoms with Gasteiger partial charge in [-0.2, -0.15) is 0 Å². The molecule has 0 saturated carbocycles. The van der Waals surface area contributed by atoms with Gasteiger partial charge < -0.3 is 9.84 Å². The highest BCUT2D eigenvalue weighted by molar-refractivity contribution is 5.70. The zero-order chi connectivity index (χ0) is 14.4. The molecule has 20 heavy (non-hydrogen) atoms. The fraction of sp³-hybridized carbons (Fsp3) is 0.562. The van der Waals surface area contributed by atoms with Crippen molar-refractivity contribution in [1.82, 2.24) is 4.90 Å². The summed E-state index contributed by atoms with van der Waals surface area (Å²) in [5.74, 6) is -0.0956. The smallest absolute Gasteiger partial charge is 0.307 e. The molecule has 0 spiro atoms. The second kappa shape index (κ2) is 7.41. The molecule has 0 bridgehead atoms. The number of carboxylic acids is 1. The van der Waals surface area contributed by atoms with Crippen molar-refractivity contribution in [1.29, 1.82) is 0 Å². The molecule has 0 amide bonds. The lowest BCUT2D eigenvalue weighted by Gasteiger charge is -2.32. The van der Waals surface area contributed by atoms with Gasteiger partial charge in [0.1, 0.15) is 0 Å². The van der Waals surface area contributed by atoms with E-state index in [1.54, 1.807) is 7.11 Å². The Morgan fingerprint density at radius 3 is 2.55 bits per heavy atom. The normalized spacial score (nSPS) is 17.2. The lowest BCUT2D eigenvalue weighted by atomic mass is 9.96. The highest BCUT2D eigenvalue weighted by atomic mass is 16.5. The first kappa shape index (κ1) is 15.0. The fourth-order valence-corrected chi connectivity index (χ4v) is 2.83. The van der Waals surface area contributed by atoms with Gasteiger partial charge in [0.25, 0.3) is 0 Å². The predicted molar refractivity (Wildman–Crippen MR) is 77.7 cm³/mol. The van der Waals surface area contributed by atoms with E-state index in [-0.39, 0.29) is 6.42 Å². The van der Waals surface area contributed by atoms with Gasteiger partial charge in [0, 0.05) is 20.3 Å². The lowest BCUT2D eigenvalue weighted by Crippen LogP contribution is -2.34. The number of rotatable bonds is 6. The van der Waals surface area contributed by atoms with Gasteiger partial charge in [-0.05, 0) is 43.0 Å². The van der Waals surface area contributed by atoms with Crippen LogP contribution >= 0.6 is 0 Å². The van der Waals surface area contributed by atoms with E-state index in [1.165, 1.54) is 0 Å². The van der Waals surface area contributed by atoms with Crippen LogP contribution in [0.5, 0.6) is 0 Å². The summed E-state index contributed by atoms with van der Waals surface area (Å²) >= 11 is 0. The van der Waals surface area contributed by atoms with E-state index in [2.05, 4.69) is 4.90 Å². The Morgan fingerprint density at radius 2 is 1.95 bits per heavy atom. The van der Waals surface area contributed by atoms with Crippen LogP contribution in [-0.4, -0.2) is 42.8 Å². The molecule has 1 fully saturated rings. The Hall–Kier alpha value is -1.39. The monoisotopic (exact) mass is 277 g/mol. The van der Waals surface area contributed by atoms with Crippen molar-refractivity contribution < 1.29 is 14.6 Å². The molecule has 0 unspecified atom stereocenters. The number of hydrogen-bond acceptors (Lipinski definition) is 3. The third kappa shape index (κ3) is 4.32. The Labute approximate surface area is 120 Å². The molecule has 1 aliphatic heterocycles. The van der Waals surface area contributed by atoms with E-state index in [9.17, 15) is 4.79 Å². The van der Waals surface area contributed by atoms with Crippen LogP contribution in [0.15, 0.2) is 24.3 Å². The summed E-state index contributed by atoms with van der Waals surface area (Å²) in [5.41, 5.74) is 2.07. The number of carboxylic acid groups (broad SMARTS) is 1. The Bertz CT molecular complexity index is 439. The Kier molecular flexibility index (Phi) is 5.56. The summed E-state index contributed by atoms with van der Waals surface area (Å²) in [7, 11) is 1.76. The maximum absolute atomic E-state index is 10.9. The standard InChI is InChI=1S/C16H23NO3/c1-20-12-13-6-8-17(9-7-13)11-15-5-3-2-4-14(15)10-16(18)19/h2-5,13H,6-12H2,1H3,(H,18,19). The molecule has 110 valence electrons. The van der Waals surface area contributed by atoms with Crippen LogP contribution < -0.4 is 0 Å². The molecular weight excluding hydrogens is 254 g/mol. The second-order valence-corrected chi connectivity index (χ2v) is 5.51. The third-order valence-electron chi connectivity index (χ3n) is 3.96. The molecule has 0 radical (unpaired) electrons. The Morgan fingerprint density at radius 1 is 1.30 bits per heavy atom. The quantitative estimate of drug-likeness (QED) is 0.866. The molecule has 1 heterocycles. The van der Waals surface area contributed by atoms with Crippen molar-refractivity contribution in [2.45, 2.75) is 25.8 Å². The van der Waals surface area contributed by atoms with Gasteiger partial charge in [-0.3, -0.25) is 9.69 Å². The minimum atomic E-state index is -0.767. The van der Waals surface area contributed by atoms with Gasteiger partial charge in [0.2, 0.25) is 0 Å². The Balaban J connectivity index is 1.92. The van der Waals surface area contributed by atoms with Gasteiger partial charge in [0.15, 0.2) is 0 Å². The average Bonchev–Trinajstić information content (AvgIpc) is 2.43. The molecule has 1 saturated heterocycles. The summed E-state index contributed by atoms with van der Waals surface area (Å²) in [6.07, 6.45) is 2.43. The number of piperidine rings is 1. The maximum Gasteiger partial charge on any atom is 0.307 e. The molecular formula is C16H23NO3. The molecule has 1 N–H and O–H groups in total. The summed E-state index contributed by atoms with van der Waals surface area (Å²) < 4.78 is 5.21. The maximum atomic E-state index is 10.9. The minimum Gasteiger partial charge on any atom is -0.481 e. The van der Waals surface area contributed by atoms with Crippen LogP contribution in [0.1, 0.15) is 24.0 Å². The van der Waals surface area contributed by atoms with Crippen LogP contribution in [0, 0.1) is 5.92 Å². The van der Waals surface area contributed by atoms with Crippen molar-refractivity contribution in [3.8, 4) is 0 Å². The van der Waals surface area contributed by atoms with Gasteiger partial charge in [0.05, 0.1) is 6.42 Å². The number of benzene rings is 1. The first-order valence-corrected chi connectivity index (χ1v) is 7.19. The summed E-state index contributed by atoms with van der Waals surface area (Å²) in [6.45, 7) is 3.83. The fourth-order valence-electron chi connectivity index (χ4n) is 2.83. The molecule has 2 rings (SSSR count). The molecule has 4 nitrogen and oxygen atoms in total. The zero-order valence-corrected chi connectivity index (χ0v) is 12.0. The zero-order valence-electron chi connectivity index (χ0n) is 12.0. The van der Waals surface area contributed by atoms with E-state index in [1.807, 2.05) is 24.3 Å². The van der Waals surface area contributed by atoms with Crippen LogP contribution in [0.25, 0.3) is 0 Å². The van der Waals surface area contributed by atoms with Crippen molar-refractivity contribution >= 4 is 5.97 Å². The van der Waals surface area contributed by atoms with Crippen molar-refractivity contribution in [2.24, 2.45) is 5.92 Å². The lowest BCUT2D eigenvalue weighted by molar-refractivity contribution is -0.136. The van der Waals surface area contributed by atoms with Gasteiger partial charge >= 0.3 is 5.97 Å². The van der Waals surface area contributed by atoms with E-state index in [0.29, 0.717) is 5.92 Å². The summed E-state index contributed by atoms with van der Waals surface area (Å²) in [4.78, 5) is 13.3. The third-order valence-corrected chi connectivity index (χ3v) is 3.96. The highest BCUT2D eigenvalue weighted by Gasteiger charge is 2.19. The molecule has 0 atom stereocenters. The van der Waals surface area contributed by atoms with Crippen molar-refractivity contribution in [3.63, 3.8) is 0 Å². The van der Waals surface area contributed by atoms with Crippen LogP contribution in [0.3, 0.4) is 0 Å². The molecule has 1 aliphatic rings. The number of aliphatic carboxylic acids is 1. The molecule has 1 aromatic rings. The van der Waals surface area contributed by atoms with Crippen LogP contribution in [-0.2, 0) is 22.5 Å². The number of likely N-dealkylation sites (tertiary alicyclic amines) is 1. The molecule has 0 aliphatic carbocycles. The minimum absolute atomic E-state index is 0.107. The first-order valence-electron chi connectivity index (χ1n) is 7.19. The van der Waals surface area contributed by atoms with E-state index in [0.717, 1.165) is 50.2 Å². The molecule has 1 aromatic carbocycles. The topological polar surface area (TPSA) is 49.8 Å². The van der Waals surface area contributed by atoms with Crippen molar-refractivity contribution in [2.75, 3.05) is 26.8 Å². The van der Waals surface area contributed by atoms with E-state index >= 15 is 0 Å². The summed E-state index contributed by atoms with van der Waals surface area (Å²) in [5, 5.41) is 8.96. The predicted octanol–water partition coefficient (Wildman–Crippen LogP) is 2.17. The summed E-state index contributed by atoms with van der Waals surface area (Å²) in [6, 6.07) is 7.85. The van der Waals surface area contributed by atoms with Crippen LogP contribution in [0.4, 0.5) is 0 Å². The number of nitrogens with zero attached hydrogens (tertiary/aromatic N) is 1. The van der Waals surface area contributed by atoms with Crippen molar-refractivity contribution in [3.05, 3.63) is 35.4 Å². The van der Waals surface area contributed by atoms with E-state index in [4.69, 9.17) is 9.84 Å². The van der Waals surface area contributed by atoms with Gasteiger partial charge in [-0.1, -0.05) is 24.3 Å². The molecule has 0 aromatic heterocycles. The second-order valence-electron chi connectivity index (χ2n) is 5.51. The number of ether oxygens (including phenoxy) is 1. The van der Waals surface area contributed by atoms with Gasteiger partial charge in [-0.25, -0.2) is 0 Å². The van der Waals surface area contributed by atoms with E-state index < -0.39 is 5.97 Å².